The summed E-state index contributed by atoms with van der Waals surface area (Å²) in [5.74, 6) is 0. The second-order valence-electron chi connectivity index (χ2n) is 3.11. The van der Waals surface area contributed by atoms with Crippen LogP contribution in [0.15, 0.2) is 51.2 Å². The van der Waals surface area contributed by atoms with Gasteiger partial charge in [-0.05, 0) is 39.8 Å². The Morgan fingerprint density at radius 1 is 1.19 bits per heavy atom. The SMILES string of the molecule is NCc1cnc(Sc2ccccc2Br)nc1. The summed E-state index contributed by atoms with van der Waals surface area (Å²) in [4.78, 5) is 9.57. The predicted molar refractivity (Wildman–Crippen MR) is 68.2 cm³/mol. The van der Waals surface area contributed by atoms with Crippen LogP contribution in [0.5, 0.6) is 0 Å². The minimum atomic E-state index is 0.472. The molecule has 0 amide bonds. The van der Waals surface area contributed by atoms with E-state index in [1.807, 2.05) is 24.3 Å². The molecular formula is C11H10BrN3S. The molecule has 1 aromatic carbocycles. The quantitative estimate of drug-likeness (QED) is 0.885. The van der Waals surface area contributed by atoms with Crippen LogP contribution in [0.1, 0.15) is 5.56 Å². The molecular weight excluding hydrogens is 286 g/mol. The fourth-order valence-corrected chi connectivity index (χ4v) is 2.37. The number of hydrogen-bond acceptors (Lipinski definition) is 4. The first kappa shape index (κ1) is 11.6. The van der Waals surface area contributed by atoms with E-state index in [1.54, 1.807) is 12.4 Å². The summed E-state index contributed by atoms with van der Waals surface area (Å²) >= 11 is 5.01. The van der Waals surface area contributed by atoms with Gasteiger partial charge in [-0.3, -0.25) is 0 Å². The van der Waals surface area contributed by atoms with E-state index in [0.29, 0.717) is 6.54 Å². The first-order valence-electron chi connectivity index (χ1n) is 4.73. The Kier molecular flexibility index (Phi) is 3.93. The van der Waals surface area contributed by atoms with Crippen molar-refractivity contribution in [2.75, 3.05) is 0 Å². The van der Waals surface area contributed by atoms with Gasteiger partial charge in [-0.1, -0.05) is 12.1 Å². The number of aromatic nitrogens is 2. The molecule has 2 aromatic rings. The smallest absolute Gasteiger partial charge is 0.192 e. The standard InChI is InChI=1S/C11H10BrN3S/c12-9-3-1-2-4-10(9)16-11-14-6-8(5-13)7-15-11/h1-4,6-7H,5,13H2. The fourth-order valence-electron chi connectivity index (χ4n) is 1.13. The monoisotopic (exact) mass is 295 g/mol. The molecule has 0 saturated heterocycles. The van der Waals surface area contributed by atoms with Crippen LogP contribution >= 0.6 is 27.7 Å². The molecule has 0 atom stereocenters. The van der Waals surface area contributed by atoms with Gasteiger partial charge in [-0.15, -0.1) is 0 Å². The van der Waals surface area contributed by atoms with Crippen molar-refractivity contribution in [1.82, 2.24) is 9.97 Å². The summed E-state index contributed by atoms with van der Waals surface area (Å²) in [5.41, 5.74) is 6.42. The van der Waals surface area contributed by atoms with Crippen molar-refractivity contribution < 1.29 is 0 Å². The van der Waals surface area contributed by atoms with Gasteiger partial charge in [0.05, 0.1) is 0 Å². The molecule has 0 bridgehead atoms. The van der Waals surface area contributed by atoms with Gasteiger partial charge < -0.3 is 5.73 Å². The Morgan fingerprint density at radius 3 is 2.50 bits per heavy atom. The molecule has 2 rings (SSSR count). The van der Waals surface area contributed by atoms with Crippen LogP contribution in [0, 0.1) is 0 Å². The van der Waals surface area contributed by atoms with E-state index in [0.717, 1.165) is 20.1 Å². The molecule has 5 heteroatoms. The summed E-state index contributed by atoms with van der Waals surface area (Å²) < 4.78 is 1.05. The summed E-state index contributed by atoms with van der Waals surface area (Å²) in [6.07, 6.45) is 3.51. The largest absolute Gasteiger partial charge is 0.326 e. The Balaban J connectivity index is 2.18. The molecule has 16 heavy (non-hydrogen) atoms. The van der Waals surface area contributed by atoms with E-state index in [1.165, 1.54) is 11.8 Å². The molecule has 0 saturated carbocycles. The zero-order chi connectivity index (χ0) is 11.4. The number of rotatable bonds is 3. The van der Waals surface area contributed by atoms with E-state index in [9.17, 15) is 0 Å². The number of benzene rings is 1. The van der Waals surface area contributed by atoms with Gasteiger partial charge in [-0.25, -0.2) is 9.97 Å². The molecule has 0 radical (unpaired) electrons. The van der Waals surface area contributed by atoms with E-state index in [4.69, 9.17) is 5.73 Å². The minimum Gasteiger partial charge on any atom is -0.326 e. The van der Waals surface area contributed by atoms with Gasteiger partial charge in [0.2, 0.25) is 0 Å². The number of hydrogen-bond donors (Lipinski definition) is 1. The third-order valence-corrected chi connectivity index (χ3v) is 3.88. The second-order valence-corrected chi connectivity index (χ2v) is 4.97. The summed E-state index contributed by atoms with van der Waals surface area (Å²) in [6.45, 7) is 0.472. The van der Waals surface area contributed by atoms with Gasteiger partial charge in [0.15, 0.2) is 5.16 Å². The molecule has 2 N–H and O–H groups in total. The topological polar surface area (TPSA) is 51.8 Å². The Labute approximate surface area is 107 Å². The van der Waals surface area contributed by atoms with Crippen LogP contribution in [0.25, 0.3) is 0 Å². The van der Waals surface area contributed by atoms with Crippen molar-refractivity contribution in [3.05, 3.63) is 46.7 Å². The normalized spacial score (nSPS) is 10.4. The third-order valence-electron chi connectivity index (χ3n) is 1.96. The lowest BCUT2D eigenvalue weighted by molar-refractivity contribution is 0.913. The second kappa shape index (κ2) is 5.43. The highest BCUT2D eigenvalue weighted by molar-refractivity contribution is 9.10. The van der Waals surface area contributed by atoms with E-state index >= 15 is 0 Å². The molecule has 0 unspecified atom stereocenters. The zero-order valence-electron chi connectivity index (χ0n) is 8.43. The zero-order valence-corrected chi connectivity index (χ0v) is 10.8. The van der Waals surface area contributed by atoms with E-state index in [-0.39, 0.29) is 0 Å². The van der Waals surface area contributed by atoms with Crippen LogP contribution in [-0.4, -0.2) is 9.97 Å². The Bertz CT molecular complexity index is 473. The molecule has 82 valence electrons. The van der Waals surface area contributed by atoms with Crippen LogP contribution < -0.4 is 5.73 Å². The van der Waals surface area contributed by atoms with E-state index < -0.39 is 0 Å². The van der Waals surface area contributed by atoms with Gasteiger partial charge in [0.25, 0.3) is 0 Å². The van der Waals surface area contributed by atoms with Crippen molar-refractivity contribution in [3.8, 4) is 0 Å². The van der Waals surface area contributed by atoms with Crippen molar-refractivity contribution >= 4 is 27.7 Å². The predicted octanol–water partition coefficient (Wildman–Crippen LogP) is 2.85. The summed E-state index contributed by atoms with van der Waals surface area (Å²) in [6, 6.07) is 7.99. The van der Waals surface area contributed by atoms with Crippen LogP contribution in [0.3, 0.4) is 0 Å². The van der Waals surface area contributed by atoms with Crippen LogP contribution in [0.2, 0.25) is 0 Å². The van der Waals surface area contributed by atoms with Gasteiger partial charge in [0.1, 0.15) is 0 Å². The third kappa shape index (κ3) is 2.81. The Morgan fingerprint density at radius 2 is 1.88 bits per heavy atom. The summed E-state index contributed by atoms with van der Waals surface area (Å²) in [7, 11) is 0. The van der Waals surface area contributed by atoms with Crippen molar-refractivity contribution in [2.24, 2.45) is 5.73 Å². The lowest BCUT2D eigenvalue weighted by Crippen LogP contribution is -1.98. The number of nitrogens with zero attached hydrogens (tertiary/aromatic N) is 2. The highest BCUT2D eigenvalue weighted by atomic mass is 79.9. The van der Waals surface area contributed by atoms with Crippen molar-refractivity contribution in [1.29, 1.82) is 0 Å². The van der Waals surface area contributed by atoms with Crippen molar-refractivity contribution in [2.45, 2.75) is 16.6 Å². The maximum atomic E-state index is 5.48. The highest BCUT2D eigenvalue weighted by Crippen LogP contribution is 2.30. The average Bonchev–Trinajstić information content (AvgIpc) is 2.33. The van der Waals surface area contributed by atoms with Crippen molar-refractivity contribution in [3.63, 3.8) is 0 Å². The molecule has 0 aliphatic heterocycles. The molecule has 1 heterocycles. The maximum Gasteiger partial charge on any atom is 0.192 e. The van der Waals surface area contributed by atoms with Crippen LogP contribution in [0.4, 0.5) is 0 Å². The molecule has 0 aliphatic rings. The van der Waals surface area contributed by atoms with Crippen LogP contribution in [-0.2, 0) is 6.54 Å². The molecule has 3 nitrogen and oxygen atoms in total. The average molecular weight is 296 g/mol. The van der Waals surface area contributed by atoms with Gasteiger partial charge in [-0.2, -0.15) is 0 Å². The van der Waals surface area contributed by atoms with E-state index in [2.05, 4.69) is 25.9 Å². The molecule has 0 spiro atoms. The molecule has 1 aromatic heterocycles. The summed E-state index contributed by atoms with van der Waals surface area (Å²) in [5, 5.41) is 0.726. The molecule has 0 fully saturated rings. The highest BCUT2D eigenvalue weighted by Gasteiger charge is 2.03. The van der Waals surface area contributed by atoms with Gasteiger partial charge >= 0.3 is 0 Å². The minimum absolute atomic E-state index is 0.472. The fraction of sp³-hybridized carbons (Fsp3) is 0.0909. The lowest BCUT2D eigenvalue weighted by Gasteiger charge is -2.02. The lowest BCUT2D eigenvalue weighted by atomic mass is 10.4. The first-order chi connectivity index (χ1) is 7.79. The maximum absolute atomic E-state index is 5.48. The first-order valence-corrected chi connectivity index (χ1v) is 6.34. The molecule has 0 aliphatic carbocycles. The van der Waals surface area contributed by atoms with Gasteiger partial charge in [0, 0.05) is 33.9 Å². The number of halogens is 1. The number of nitrogens with two attached hydrogens (primary N) is 1. The Hall–Kier alpha value is -0.910.